The molecule has 1 aromatic carbocycles. The zero-order valence-electron chi connectivity index (χ0n) is 10.2. The van der Waals surface area contributed by atoms with Crippen LogP contribution in [0.5, 0.6) is 0 Å². The Kier molecular flexibility index (Phi) is 4.60. The molecule has 0 radical (unpaired) electrons. The predicted molar refractivity (Wildman–Crippen MR) is 74.0 cm³/mol. The van der Waals surface area contributed by atoms with Crippen LogP contribution in [-0.2, 0) is 6.54 Å². The molecule has 0 spiro atoms. The van der Waals surface area contributed by atoms with Gasteiger partial charge in [-0.15, -0.1) is 0 Å². The molecule has 2 nitrogen and oxygen atoms in total. The first-order chi connectivity index (χ1) is 8.15. The van der Waals surface area contributed by atoms with Crippen molar-refractivity contribution in [1.29, 1.82) is 0 Å². The van der Waals surface area contributed by atoms with Gasteiger partial charge in [-0.05, 0) is 49.8 Å². The zero-order chi connectivity index (χ0) is 12.3. The standard InChI is InChI=1S/C14H20BrNO/c1-10-2-3-11(14(15)8-10)9-16-12-4-6-13(17)7-5-12/h2-3,8,12-13,16-17H,4-7,9H2,1H3. The highest BCUT2D eigenvalue weighted by Crippen LogP contribution is 2.21. The number of aryl methyl sites for hydroxylation is 1. The number of halogens is 1. The van der Waals surface area contributed by atoms with Gasteiger partial charge < -0.3 is 10.4 Å². The van der Waals surface area contributed by atoms with Crippen LogP contribution < -0.4 is 5.32 Å². The van der Waals surface area contributed by atoms with E-state index in [4.69, 9.17) is 0 Å². The van der Waals surface area contributed by atoms with Gasteiger partial charge in [0.15, 0.2) is 0 Å². The van der Waals surface area contributed by atoms with Crippen LogP contribution in [0.25, 0.3) is 0 Å². The minimum Gasteiger partial charge on any atom is -0.393 e. The SMILES string of the molecule is Cc1ccc(CNC2CCC(O)CC2)c(Br)c1. The average Bonchev–Trinajstić information content (AvgIpc) is 2.30. The van der Waals surface area contributed by atoms with Gasteiger partial charge in [-0.1, -0.05) is 28.1 Å². The zero-order valence-corrected chi connectivity index (χ0v) is 11.8. The van der Waals surface area contributed by atoms with Gasteiger partial charge in [0, 0.05) is 17.1 Å². The van der Waals surface area contributed by atoms with Gasteiger partial charge in [-0.3, -0.25) is 0 Å². The Morgan fingerprint density at radius 1 is 1.29 bits per heavy atom. The molecule has 2 N–H and O–H groups in total. The van der Waals surface area contributed by atoms with E-state index in [1.54, 1.807) is 0 Å². The van der Waals surface area contributed by atoms with Crippen LogP contribution in [0.2, 0.25) is 0 Å². The van der Waals surface area contributed by atoms with Crippen molar-refractivity contribution in [3.8, 4) is 0 Å². The molecule has 1 saturated carbocycles. The van der Waals surface area contributed by atoms with Crippen LogP contribution in [0.1, 0.15) is 36.8 Å². The van der Waals surface area contributed by atoms with Gasteiger partial charge in [-0.25, -0.2) is 0 Å². The second-order valence-electron chi connectivity index (χ2n) is 4.98. The van der Waals surface area contributed by atoms with Crippen molar-refractivity contribution in [2.24, 2.45) is 0 Å². The lowest BCUT2D eigenvalue weighted by Crippen LogP contribution is -2.34. The van der Waals surface area contributed by atoms with E-state index >= 15 is 0 Å². The van der Waals surface area contributed by atoms with Gasteiger partial charge in [0.1, 0.15) is 0 Å². The van der Waals surface area contributed by atoms with Crippen molar-refractivity contribution >= 4 is 15.9 Å². The lowest BCUT2D eigenvalue weighted by atomic mass is 9.93. The second kappa shape index (κ2) is 5.98. The largest absolute Gasteiger partial charge is 0.393 e. The smallest absolute Gasteiger partial charge is 0.0541 e. The molecule has 17 heavy (non-hydrogen) atoms. The summed E-state index contributed by atoms with van der Waals surface area (Å²) in [5, 5.41) is 13.0. The van der Waals surface area contributed by atoms with Crippen molar-refractivity contribution in [2.45, 2.75) is 51.3 Å². The molecule has 0 heterocycles. The molecule has 1 fully saturated rings. The lowest BCUT2D eigenvalue weighted by molar-refractivity contribution is 0.116. The summed E-state index contributed by atoms with van der Waals surface area (Å²) < 4.78 is 1.18. The van der Waals surface area contributed by atoms with Crippen molar-refractivity contribution in [1.82, 2.24) is 5.32 Å². The maximum absolute atomic E-state index is 9.45. The minimum absolute atomic E-state index is 0.0702. The van der Waals surface area contributed by atoms with E-state index in [0.29, 0.717) is 6.04 Å². The summed E-state index contributed by atoms with van der Waals surface area (Å²) in [5.74, 6) is 0. The number of hydrogen-bond acceptors (Lipinski definition) is 2. The third-order valence-corrected chi connectivity index (χ3v) is 4.22. The highest BCUT2D eigenvalue weighted by Gasteiger charge is 2.18. The summed E-state index contributed by atoms with van der Waals surface area (Å²) in [5.41, 5.74) is 2.59. The third kappa shape index (κ3) is 3.80. The number of hydrogen-bond donors (Lipinski definition) is 2. The second-order valence-corrected chi connectivity index (χ2v) is 5.84. The molecule has 1 aliphatic rings. The van der Waals surface area contributed by atoms with E-state index in [0.717, 1.165) is 32.2 Å². The lowest BCUT2D eigenvalue weighted by Gasteiger charge is -2.26. The van der Waals surface area contributed by atoms with E-state index < -0.39 is 0 Å². The van der Waals surface area contributed by atoms with Crippen LogP contribution >= 0.6 is 15.9 Å². The van der Waals surface area contributed by atoms with Crippen LogP contribution in [0.15, 0.2) is 22.7 Å². The van der Waals surface area contributed by atoms with Crippen molar-refractivity contribution in [3.63, 3.8) is 0 Å². The maximum atomic E-state index is 9.45. The number of rotatable bonds is 3. The molecule has 2 rings (SSSR count). The van der Waals surface area contributed by atoms with Gasteiger partial charge >= 0.3 is 0 Å². The normalized spacial score (nSPS) is 24.9. The molecule has 0 saturated heterocycles. The summed E-state index contributed by atoms with van der Waals surface area (Å²) in [7, 11) is 0. The Balaban J connectivity index is 1.85. The van der Waals surface area contributed by atoms with Crippen LogP contribution in [0, 0.1) is 6.92 Å². The monoisotopic (exact) mass is 297 g/mol. The Morgan fingerprint density at radius 3 is 2.65 bits per heavy atom. The van der Waals surface area contributed by atoms with Crippen molar-refractivity contribution in [3.05, 3.63) is 33.8 Å². The minimum atomic E-state index is -0.0702. The maximum Gasteiger partial charge on any atom is 0.0541 e. The first-order valence-electron chi connectivity index (χ1n) is 6.31. The first-order valence-corrected chi connectivity index (χ1v) is 7.11. The van der Waals surface area contributed by atoms with E-state index in [9.17, 15) is 5.11 Å². The Labute approximate surface area is 112 Å². The number of aliphatic hydroxyl groups is 1. The molecular weight excluding hydrogens is 278 g/mol. The quantitative estimate of drug-likeness (QED) is 0.898. The highest BCUT2D eigenvalue weighted by atomic mass is 79.9. The predicted octanol–water partition coefficient (Wildman–Crippen LogP) is 3.15. The number of aliphatic hydroxyl groups excluding tert-OH is 1. The molecule has 0 amide bonds. The summed E-state index contributed by atoms with van der Waals surface area (Å²) in [6.45, 7) is 3.01. The van der Waals surface area contributed by atoms with E-state index in [1.807, 2.05) is 0 Å². The first kappa shape index (κ1) is 13.1. The molecule has 94 valence electrons. The van der Waals surface area contributed by atoms with Gasteiger partial charge in [0.2, 0.25) is 0 Å². The number of nitrogens with one attached hydrogen (secondary N) is 1. The van der Waals surface area contributed by atoms with Crippen molar-refractivity contribution < 1.29 is 5.11 Å². The van der Waals surface area contributed by atoms with Crippen LogP contribution in [0.4, 0.5) is 0 Å². The summed E-state index contributed by atoms with van der Waals surface area (Å²) in [6.07, 6.45) is 3.98. The Bertz CT molecular complexity index is 372. The third-order valence-electron chi connectivity index (χ3n) is 3.49. The van der Waals surface area contributed by atoms with Crippen molar-refractivity contribution in [2.75, 3.05) is 0 Å². The molecular formula is C14H20BrNO. The van der Waals surface area contributed by atoms with Crippen LogP contribution in [-0.4, -0.2) is 17.3 Å². The molecule has 1 aliphatic carbocycles. The van der Waals surface area contributed by atoms with Gasteiger partial charge in [-0.2, -0.15) is 0 Å². The molecule has 0 aliphatic heterocycles. The fraction of sp³-hybridized carbons (Fsp3) is 0.571. The molecule has 0 bridgehead atoms. The van der Waals surface area contributed by atoms with Crippen LogP contribution in [0.3, 0.4) is 0 Å². The topological polar surface area (TPSA) is 32.3 Å². The fourth-order valence-corrected chi connectivity index (χ4v) is 2.96. The summed E-state index contributed by atoms with van der Waals surface area (Å²) in [4.78, 5) is 0. The van der Waals surface area contributed by atoms with E-state index in [-0.39, 0.29) is 6.10 Å². The summed E-state index contributed by atoms with van der Waals surface area (Å²) in [6, 6.07) is 7.03. The molecule has 1 aromatic rings. The van der Waals surface area contributed by atoms with E-state index in [2.05, 4.69) is 46.4 Å². The average molecular weight is 298 g/mol. The molecule has 0 unspecified atom stereocenters. The van der Waals surface area contributed by atoms with Gasteiger partial charge in [0.25, 0.3) is 0 Å². The Morgan fingerprint density at radius 2 is 2.00 bits per heavy atom. The molecule has 3 heteroatoms. The van der Waals surface area contributed by atoms with Gasteiger partial charge in [0.05, 0.1) is 6.10 Å². The molecule has 0 aromatic heterocycles. The Hall–Kier alpha value is -0.380. The van der Waals surface area contributed by atoms with E-state index in [1.165, 1.54) is 15.6 Å². The molecule has 0 atom stereocenters. The highest BCUT2D eigenvalue weighted by molar-refractivity contribution is 9.10. The summed E-state index contributed by atoms with van der Waals surface area (Å²) >= 11 is 3.60. The number of benzene rings is 1. The fourth-order valence-electron chi connectivity index (χ4n) is 2.33.